The Kier molecular flexibility index (Phi) is 4.93. The number of anilines is 2. The Labute approximate surface area is 182 Å². The maximum absolute atomic E-state index is 12.8. The van der Waals surface area contributed by atoms with Gasteiger partial charge in [0.2, 0.25) is 0 Å². The number of hydrogen-bond donors (Lipinski definition) is 3. The quantitative estimate of drug-likeness (QED) is 0.394. The molecule has 0 saturated carbocycles. The second-order valence-electron chi connectivity index (χ2n) is 7.13. The van der Waals surface area contributed by atoms with E-state index < -0.39 is 0 Å². The molecule has 0 aliphatic rings. The molecular weight excluding hydrogens is 404 g/mol. The van der Waals surface area contributed by atoms with Crippen molar-refractivity contribution < 1.29 is 9.59 Å². The number of fused-ring (bicyclic) bond motifs is 1. The van der Waals surface area contributed by atoms with Crippen LogP contribution in [0.15, 0.2) is 91.5 Å². The number of aromatic amines is 1. The zero-order valence-electron chi connectivity index (χ0n) is 16.8. The third kappa shape index (κ3) is 3.97. The lowest BCUT2D eigenvalue weighted by Gasteiger charge is -2.09. The van der Waals surface area contributed by atoms with Gasteiger partial charge in [0, 0.05) is 40.8 Å². The van der Waals surface area contributed by atoms with Gasteiger partial charge in [0.1, 0.15) is 5.65 Å². The first-order chi connectivity index (χ1) is 15.7. The van der Waals surface area contributed by atoms with Crippen LogP contribution < -0.4 is 10.6 Å². The smallest absolute Gasteiger partial charge is 0.255 e. The molecule has 0 radical (unpaired) electrons. The number of benzene rings is 2. The number of nitrogens with one attached hydrogen (secondary N) is 3. The van der Waals surface area contributed by atoms with Crippen LogP contribution in [0.1, 0.15) is 20.7 Å². The highest BCUT2D eigenvalue weighted by Gasteiger charge is 2.12. The fraction of sp³-hybridized carbons (Fsp3) is 0. The maximum atomic E-state index is 12.8. The highest BCUT2D eigenvalue weighted by molar-refractivity contribution is 6.09. The molecule has 0 spiro atoms. The van der Waals surface area contributed by atoms with E-state index in [2.05, 4.69) is 25.7 Å². The normalized spacial score (nSPS) is 10.8. The summed E-state index contributed by atoms with van der Waals surface area (Å²) in [6.45, 7) is 0. The summed E-state index contributed by atoms with van der Waals surface area (Å²) >= 11 is 0. The predicted octanol–water partition coefficient (Wildman–Crippen LogP) is 4.25. The van der Waals surface area contributed by atoms with E-state index in [-0.39, 0.29) is 11.8 Å². The molecule has 0 aliphatic heterocycles. The zero-order valence-corrected chi connectivity index (χ0v) is 16.8. The number of pyridine rings is 1. The molecule has 8 heteroatoms. The number of nitrogens with zero attached hydrogens (tertiary/aromatic N) is 3. The molecule has 0 bridgehead atoms. The number of amides is 2. The molecule has 3 aromatic heterocycles. The number of aromatic nitrogens is 4. The molecule has 2 aromatic carbocycles. The zero-order chi connectivity index (χ0) is 21.9. The Morgan fingerprint density at radius 3 is 2.41 bits per heavy atom. The van der Waals surface area contributed by atoms with Gasteiger partial charge in [-0.2, -0.15) is 5.10 Å². The van der Waals surface area contributed by atoms with Gasteiger partial charge in [-0.25, -0.2) is 9.67 Å². The molecule has 0 saturated heterocycles. The van der Waals surface area contributed by atoms with Crippen LogP contribution >= 0.6 is 0 Å². The minimum atomic E-state index is -0.322. The van der Waals surface area contributed by atoms with E-state index in [0.717, 1.165) is 16.7 Å². The van der Waals surface area contributed by atoms with Gasteiger partial charge in [0.15, 0.2) is 0 Å². The molecule has 32 heavy (non-hydrogen) atoms. The van der Waals surface area contributed by atoms with Crippen molar-refractivity contribution in [1.29, 1.82) is 0 Å². The molecule has 3 N–H and O–H groups in total. The fourth-order valence-corrected chi connectivity index (χ4v) is 3.36. The van der Waals surface area contributed by atoms with Gasteiger partial charge in [-0.3, -0.25) is 9.59 Å². The average molecular weight is 422 g/mol. The van der Waals surface area contributed by atoms with Gasteiger partial charge in [0.25, 0.3) is 11.8 Å². The van der Waals surface area contributed by atoms with Gasteiger partial charge >= 0.3 is 0 Å². The second kappa shape index (κ2) is 8.19. The molecule has 0 aliphatic carbocycles. The Balaban J connectivity index is 1.31. The molecule has 2 amide bonds. The third-order valence-corrected chi connectivity index (χ3v) is 4.92. The average Bonchev–Trinajstić information content (AvgIpc) is 3.51. The number of H-pyrrole nitrogens is 1. The molecule has 5 aromatic rings. The largest absolute Gasteiger partial charge is 0.346 e. The molecular formula is C24H18N6O2. The van der Waals surface area contributed by atoms with Crippen LogP contribution in [0.25, 0.3) is 16.7 Å². The summed E-state index contributed by atoms with van der Waals surface area (Å²) in [6.07, 6.45) is 6.89. The summed E-state index contributed by atoms with van der Waals surface area (Å²) < 4.78 is 1.71. The van der Waals surface area contributed by atoms with Crippen molar-refractivity contribution >= 4 is 34.2 Å². The van der Waals surface area contributed by atoms with E-state index in [1.807, 2.05) is 42.6 Å². The lowest BCUT2D eigenvalue weighted by molar-refractivity contribution is 0.102. The van der Waals surface area contributed by atoms with Crippen molar-refractivity contribution in [2.45, 2.75) is 0 Å². The van der Waals surface area contributed by atoms with E-state index in [9.17, 15) is 9.59 Å². The Morgan fingerprint density at radius 1 is 0.844 bits per heavy atom. The van der Waals surface area contributed by atoms with E-state index in [1.54, 1.807) is 53.6 Å². The van der Waals surface area contributed by atoms with Crippen molar-refractivity contribution in [3.8, 4) is 5.69 Å². The standard InChI is InChI=1S/C24H18N6O2/c31-23(28-19-6-2-7-21(14-19)30-11-3-9-27-30)17-4-1-5-18(12-17)24(32)29-20-13-16-8-10-25-22(16)26-15-20/h1-15H,(H,25,26)(H,28,31)(H,29,32). The lowest BCUT2D eigenvalue weighted by atomic mass is 10.1. The van der Waals surface area contributed by atoms with Gasteiger partial charge in [-0.05, 0) is 54.6 Å². The minimum absolute atomic E-state index is 0.312. The molecule has 8 nitrogen and oxygen atoms in total. The number of rotatable bonds is 5. The van der Waals surface area contributed by atoms with E-state index in [4.69, 9.17) is 0 Å². The van der Waals surface area contributed by atoms with Gasteiger partial charge in [-0.1, -0.05) is 12.1 Å². The Morgan fingerprint density at radius 2 is 1.62 bits per heavy atom. The summed E-state index contributed by atoms with van der Waals surface area (Å²) in [5.41, 5.74) is 3.53. The van der Waals surface area contributed by atoms with Crippen molar-refractivity contribution in [1.82, 2.24) is 19.7 Å². The topological polar surface area (TPSA) is 105 Å². The summed E-state index contributed by atoms with van der Waals surface area (Å²) in [6, 6.07) is 19.5. The first-order valence-corrected chi connectivity index (χ1v) is 9.92. The SMILES string of the molecule is O=C(Nc1cccc(-n2cccn2)c1)c1cccc(C(=O)Nc2cnc3[nH]ccc3c2)c1. The van der Waals surface area contributed by atoms with Crippen molar-refractivity contribution in [2.75, 3.05) is 10.6 Å². The van der Waals surface area contributed by atoms with Crippen molar-refractivity contribution in [3.05, 3.63) is 103 Å². The van der Waals surface area contributed by atoms with Crippen LogP contribution in [-0.4, -0.2) is 31.6 Å². The molecule has 0 fully saturated rings. The first kappa shape index (κ1) is 19.3. The molecule has 5 rings (SSSR count). The molecule has 3 heterocycles. The van der Waals surface area contributed by atoms with Crippen molar-refractivity contribution in [3.63, 3.8) is 0 Å². The van der Waals surface area contributed by atoms with Gasteiger partial charge < -0.3 is 15.6 Å². The van der Waals surface area contributed by atoms with Gasteiger partial charge in [0.05, 0.1) is 17.6 Å². The second-order valence-corrected chi connectivity index (χ2v) is 7.13. The molecule has 156 valence electrons. The van der Waals surface area contributed by atoms with E-state index >= 15 is 0 Å². The van der Waals surface area contributed by atoms with E-state index in [0.29, 0.717) is 22.5 Å². The summed E-state index contributed by atoms with van der Waals surface area (Å²) in [5, 5.41) is 10.8. The monoisotopic (exact) mass is 422 g/mol. The highest BCUT2D eigenvalue weighted by atomic mass is 16.2. The fourth-order valence-electron chi connectivity index (χ4n) is 3.36. The van der Waals surface area contributed by atoms with Crippen LogP contribution in [0.5, 0.6) is 0 Å². The van der Waals surface area contributed by atoms with E-state index in [1.165, 1.54) is 0 Å². The van der Waals surface area contributed by atoms with Crippen LogP contribution in [0.3, 0.4) is 0 Å². The van der Waals surface area contributed by atoms with Crippen molar-refractivity contribution in [2.24, 2.45) is 0 Å². The van der Waals surface area contributed by atoms with Crippen LogP contribution in [0, 0.1) is 0 Å². The number of carbonyl (C=O) groups is 2. The summed E-state index contributed by atoms with van der Waals surface area (Å²) in [4.78, 5) is 32.8. The van der Waals surface area contributed by atoms with Crippen LogP contribution in [-0.2, 0) is 0 Å². The maximum Gasteiger partial charge on any atom is 0.255 e. The predicted molar refractivity (Wildman–Crippen MR) is 122 cm³/mol. The third-order valence-electron chi connectivity index (χ3n) is 4.92. The lowest BCUT2D eigenvalue weighted by Crippen LogP contribution is -2.15. The number of hydrogen-bond acceptors (Lipinski definition) is 4. The van der Waals surface area contributed by atoms with Crippen LogP contribution in [0.4, 0.5) is 11.4 Å². The Bertz CT molecular complexity index is 1420. The Hall–Kier alpha value is -4.72. The number of carbonyl (C=O) groups excluding carboxylic acids is 2. The summed E-state index contributed by atoms with van der Waals surface area (Å²) in [7, 11) is 0. The van der Waals surface area contributed by atoms with Gasteiger partial charge in [-0.15, -0.1) is 0 Å². The molecule has 0 atom stereocenters. The van der Waals surface area contributed by atoms with Crippen LogP contribution in [0.2, 0.25) is 0 Å². The minimum Gasteiger partial charge on any atom is -0.346 e. The summed E-state index contributed by atoms with van der Waals surface area (Å²) in [5.74, 6) is -0.635. The highest BCUT2D eigenvalue weighted by Crippen LogP contribution is 2.18. The molecule has 0 unspecified atom stereocenters. The first-order valence-electron chi connectivity index (χ1n) is 9.92.